The zero-order chi connectivity index (χ0) is 13.5. The topological polar surface area (TPSA) is 109 Å². The van der Waals surface area contributed by atoms with Crippen LogP contribution < -0.4 is 11.1 Å². The van der Waals surface area contributed by atoms with Crippen molar-refractivity contribution in [3.8, 4) is 0 Å². The van der Waals surface area contributed by atoms with Gasteiger partial charge in [-0.05, 0) is 32.1 Å². The lowest BCUT2D eigenvalue weighted by Gasteiger charge is -2.10. The number of rotatable bonds is 7. The quantitative estimate of drug-likeness (QED) is 0.440. The molecule has 0 aromatic carbocycles. The number of aliphatic carboxylic acids is 1. The molecule has 2 unspecified atom stereocenters. The molecule has 6 nitrogen and oxygen atoms in total. The lowest BCUT2D eigenvalue weighted by atomic mass is 10.1. The first-order chi connectivity index (χ1) is 8.52. The summed E-state index contributed by atoms with van der Waals surface area (Å²) in [5.41, 5.74) is 5.34. The number of carbonyl (C=O) groups is 3. The maximum absolute atomic E-state index is 11.6. The lowest BCUT2D eigenvalue weighted by molar-refractivity contribution is -0.139. The fourth-order valence-corrected chi connectivity index (χ4v) is 2.04. The average molecular weight is 256 g/mol. The molecule has 0 aromatic rings. The molecule has 0 aromatic heterocycles. The summed E-state index contributed by atoms with van der Waals surface area (Å²) in [5.74, 6) is -1.64. The Morgan fingerprint density at radius 2 is 2.17 bits per heavy atom. The highest BCUT2D eigenvalue weighted by atomic mass is 16.4. The van der Waals surface area contributed by atoms with Crippen molar-refractivity contribution >= 4 is 17.7 Å². The van der Waals surface area contributed by atoms with Gasteiger partial charge in [0.05, 0.1) is 5.92 Å². The van der Waals surface area contributed by atoms with Crippen LogP contribution in [-0.4, -0.2) is 35.4 Å². The summed E-state index contributed by atoms with van der Waals surface area (Å²) in [6.45, 7) is 0.467. The van der Waals surface area contributed by atoms with Crippen molar-refractivity contribution in [2.24, 2.45) is 11.7 Å². The molecule has 0 bridgehead atoms. The van der Waals surface area contributed by atoms with E-state index in [1.54, 1.807) is 0 Å². The molecule has 1 amide bonds. The van der Waals surface area contributed by atoms with Crippen LogP contribution in [0.15, 0.2) is 0 Å². The van der Waals surface area contributed by atoms with Crippen LogP contribution in [0.4, 0.5) is 0 Å². The molecular formula is C12H20N2O4. The van der Waals surface area contributed by atoms with Crippen molar-refractivity contribution in [1.82, 2.24) is 5.32 Å². The van der Waals surface area contributed by atoms with Gasteiger partial charge in [0, 0.05) is 13.0 Å². The van der Waals surface area contributed by atoms with Crippen LogP contribution in [-0.2, 0) is 14.4 Å². The summed E-state index contributed by atoms with van der Waals surface area (Å²) in [6.07, 6.45) is 3.66. The van der Waals surface area contributed by atoms with Gasteiger partial charge in [-0.3, -0.25) is 14.4 Å². The molecule has 1 fully saturated rings. The van der Waals surface area contributed by atoms with Gasteiger partial charge >= 0.3 is 5.97 Å². The number of carboxylic acids is 1. The average Bonchev–Trinajstić information content (AvgIpc) is 2.74. The molecule has 102 valence electrons. The third kappa shape index (κ3) is 4.44. The van der Waals surface area contributed by atoms with Crippen molar-refractivity contribution < 1.29 is 19.5 Å². The van der Waals surface area contributed by atoms with E-state index in [9.17, 15) is 14.4 Å². The maximum Gasteiger partial charge on any atom is 0.320 e. The summed E-state index contributed by atoms with van der Waals surface area (Å²) in [4.78, 5) is 33.4. The number of hydrogen-bond donors (Lipinski definition) is 3. The van der Waals surface area contributed by atoms with Crippen LogP contribution in [0.25, 0.3) is 0 Å². The normalized spacial score (nSPS) is 20.7. The number of carbonyl (C=O) groups excluding carboxylic acids is 2. The van der Waals surface area contributed by atoms with Gasteiger partial charge in [-0.15, -0.1) is 0 Å². The van der Waals surface area contributed by atoms with Gasteiger partial charge in [0.15, 0.2) is 0 Å². The van der Waals surface area contributed by atoms with E-state index < -0.39 is 17.9 Å². The molecule has 2 atom stereocenters. The minimum absolute atomic E-state index is 0.0281. The molecule has 0 aliphatic heterocycles. The first kappa shape index (κ1) is 14.6. The Hall–Kier alpha value is -1.43. The summed E-state index contributed by atoms with van der Waals surface area (Å²) in [6, 6.07) is -0.836. The van der Waals surface area contributed by atoms with Crippen molar-refractivity contribution in [1.29, 1.82) is 0 Å². The van der Waals surface area contributed by atoms with Gasteiger partial charge in [0.2, 0.25) is 5.91 Å². The molecule has 0 radical (unpaired) electrons. The predicted molar refractivity (Wildman–Crippen MR) is 64.8 cm³/mol. The van der Waals surface area contributed by atoms with Gasteiger partial charge in [0.1, 0.15) is 11.8 Å². The fourth-order valence-electron chi connectivity index (χ4n) is 2.04. The molecule has 0 heterocycles. The molecule has 1 aliphatic rings. The van der Waals surface area contributed by atoms with Crippen LogP contribution in [0.1, 0.15) is 38.5 Å². The van der Waals surface area contributed by atoms with Gasteiger partial charge in [0.25, 0.3) is 0 Å². The SMILES string of the molecule is NC(CCCCNC(=O)C1CCCC1=O)C(=O)O. The number of nitrogens with two attached hydrogens (primary N) is 1. The van der Waals surface area contributed by atoms with E-state index >= 15 is 0 Å². The van der Waals surface area contributed by atoms with E-state index in [0.29, 0.717) is 38.6 Å². The van der Waals surface area contributed by atoms with E-state index in [2.05, 4.69) is 5.32 Å². The predicted octanol–water partition coefficient (Wildman–Crippen LogP) is 0.0540. The minimum Gasteiger partial charge on any atom is -0.480 e. The van der Waals surface area contributed by atoms with Gasteiger partial charge in [-0.25, -0.2) is 0 Å². The molecule has 1 rings (SSSR count). The van der Waals surface area contributed by atoms with Crippen LogP contribution in [0, 0.1) is 5.92 Å². The Labute approximate surface area is 106 Å². The molecule has 1 saturated carbocycles. The molecule has 6 heteroatoms. The number of hydrogen-bond acceptors (Lipinski definition) is 4. The van der Waals surface area contributed by atoms with Crippen molar-refractivity contribution in [3.63, 3.8) is 0 Å². The molecule has 18 heavy (non-hydrogen) atoms. The molecule has 1 aliphatic carbocycles. The first-order valence-corrected chi connectivity index (χ1v) is 6.31. The summed E-state index contributed by atoms with van der Waals surface area (Å²) in [5, 5.41) is 11.3. The summed E-state index contributed by atoms with van der Waals surface area (Å²) >= 11 is 0. The van der Waals surface area contributed by atoms with E-state index in [-0.39, 0.29) is 11.7 Å². The van der Waals surface area contributed by atoms with Gasteiger partial charge in [-0.2, -0.15) is 0 Å². The van der Waals surface area contributed by atoms with E-state index in [1.807, 2.05) is 0 Å². The van der Waals surface area contributed by atoms with Gasteiger partial charge in [-0.1, -0.05) is 0 Å². The molecule has 0 saturated heterocycles. The molecular weight excluding hydrogens is 236 g/mol. The molecule has 4 N–H and O–H groups in total. The van der Waals surface area contributed by atoms with Crippen molar-refractivity contribution in [2.75, 3.05) is 6.54 Å². The van der Waals surface area contributed by atoms with Crippen LogP contribution >= 0.6 is 0 Å². The second kappa shape index (κ2) is 7.10. The Morgan fingerprint density at radius 3 is 2.72 bits per heavy atom. The number of unbranched alkanes of at least 4 members (excludes halogenated alkanes) is 1. The fraction of sp³-hybridized carbons (Fsp3) is 0.750. The lowest BCUT2D eigenvalue weighted by Crippen LogP contribution is -2.34. The highest BCUT2D eigenvalue weighted by Crippen LogP contribution is 2.21. The van der Waals surface area contributed by atoms with Crippen LogP contribution in [0.5, 0.6) is 0 Å². The van der Waals surface area contributed by atoms with Gasteiger partial charge < -0.3 is 16.2 Å². The maximum atomic E-state index is 11.6. The smallest absolute Gasteiger partial charge is 0.320 e. The second-order valence-corrected chi connectivity index (χ2v) is 4.64. The highest BCUT2D eigenvalue weighted by molar-refractivity contribution is 6.02. The summed E-state index contributed by atoms with van der Waals surface area (Å²) < 4.78 is 0. The van der Waals surface area contributed by atoms with E-state index in [4.69, 9.17) is 10.8 Å². The Bertz CT molecular complexity index is 330. The number of carboxylic acid groups (broad SMARTS) is 1. The minimum atomic E-state index is -1.00. The zero-order valence-electron chi connectivity index (χ0n) is 10.4. The standard InChI is InChI=1S/C12H20N2O4/c13-9(12(17)18)5-1-2-7-14-11(16)8-4-3-6-10(8)15/h8-9H,1-7,13H2,(H,14,16)(H,17,18). The molecule has 0 spiro atoms. The van der Waals surface area contributed by atoms with Crippen LogP contribution in [0.3, 0.4) is 0 Å². The van der Waals surface area contributed by atoms with Crippen LogP contribution in [0.2, 0.25) is 0 Å². The highest BCUT2D eigenvalue weighted by Gasteiger charge is 2.30. The Balaban J connectivity index is 2.09. The third-order valence-corrected chi connectivity index (χ3v) is 3.18. The Morgan fingerprint density at radius 1 is 1.44 bits per heavy atom. The van der Waals surface area contributed by atoms with E-state index in [1.165, 1.54) is 0 Å². The largest absolute Gasteiger partial charge is 0.480 e. The number of Topliss-reactive ketones (excluding diaryl/α,β-unsaturated/α-hetero) is 1. The number of nitrogens with one attached hydrogen (secondary N) is 1. The monoisotopic (exact) mass is 256 g/mol. The number of ketones is 1. The number of amides is 1. The summed E-state index contributed by atoms with van der Waals surface area (Å²) in [7, 11) is 0. The third-order valence-electron chi connectivity index (χ3n) is 3.18. The first-order valence-electron chi connectivity index (χ1n) is 6.31. The zero-order valence-corrected chi connectivity index (χ0v) is 10.4. The van der Waals surface area contributed by atoms with Crippen molar-refractivity contribution in [3.05, 3.63) is 0 Å². The van der Waals surface area contributed by atoms with Crippen molar-refractivity contribution in [2.45, 2.75) is 44.6 Å². The second-order valence-electron chi connectivity index (χ2n) is 4.64. The van der Waals surface area contributed by atoms with E-state index in [0.717, 1.165) is 6.42 Å². The Kier molecular flexibility index (Phi) is 5.77.